The Kier molecular flexibility index (Phi) is 4.31. The first-order valence-electron chi connectivity index (χ1n) is 8.90. The Balaban J connectivity index is 1.54. The van der Waals surface area contributed by atoms with Gasteiger partial charge in [0.05, 0.1) is 6.42 Å². The van der Waals surface area contributed by atoms with E-state index in [2.05, 4.69) is 15.9 Å². The van der Waals surface area contributed by atoms with Crippen molar-refractivity contribution in [2.24, 2.45) is 0 Å². The van der Waals surface area contributed by atoms with Crippen LogP contribution in [0.4, 0.5) is 4.79 Å². The Labute approximate surface area is 160 Å². The summed E-state index contributed by atoms with van der Waals surface area (Å²) in [5.41, 5.74) is 2.85. The van der Waals surface area contributed by atoms with E-state index in [4.69, 9.17) is 4.52 Å². The fourth-order valence-corrected chi connectivity index (χ4v) is 3.42. The number of rotatable bonds is 5. The van der Waals surface area contributed by atoms with Crippen molar-refractivity contribution >= 4 is 28.8 Å². The van der Waals surface area contributed by atoms with Gasteiger partial charge >= 0.3 is 6.03 Å². The Bertz CT molecular complexity index is 1060. The SMILES string of the molecule is CC[C@@]1(c2ccccc2)NC(=O)N(NC(=O)Cc2noc3ccccc23)C1=O. The van der Waals surface area contributed by atoms with Crippen molar-refractivity contribution in [2.75, 3.05) is 0 Å². The number of aromatic nitrogens is 1. The van der Waals surface area contributed by atoms with Gasteiger partial charge in [0.15, 0.2) is 5.58 Å². The number of amides is 4. The van der Waals surface area contributed by atoms with Crippen molar-refractivity contribution in [1.82, 2.24) is 20.9 Å². The van der Waals surface area contributed by atoms with Gasteiger partial charge in [0, 0.05) is 5.39 Å². The molecule has 0 saturated carbocycles. The third-order valence-electron chi connectivity index (χ3n) is 4.91. The van der Waals surface area contributed by atoms with Crippen LogP contribution in [0.2, 0.25) is 0 Å². The maximum atomic E-state index is 13.0. The van der Waals surface area contributed by atoms with E-state index in [1.165, 1.54) is 0 Å². The summed E-state index contributed by atoms with van der Waals surface area (Å²) in [5.74, 6) is -1.06. The zero-order chi connectivity index (χ0) is 19.7. The number of hydrazine groups is 1. The monoisotopic (exact) mass is 378 g/mol. The molecule has 4 rings (SSSR count). The number of nitrogens with zero attached hydrogens (tertiary/aromatic N) is 2. The molecule has 28 heavy (non-hydrogen) atoms. The molecule has 8 nitrogen and oxygen atoms in total. The molecule has 2 aromatic carbocycles. The molecule has 0 spiro atoms. The summed E-state index contributed by atoms with van der Waals surface area (Å²) in [5, 5.41) is 8.06. The molecule has 1 aliphatic heterocycles. The van der Waals surface area contributed by atoms with Crippen LogP contribution in [-0.2, 0) is 21.5 Å². The first-order chi connectivity index (χ1) is 13.5. The number of imide groups is 1. The summed E-state index contributed by atoms with van der Waals surface area (Å²) in [7, 11) is 0. The predicted molar refractivity (Wildman–Crippen MR) is 99.6 cm³/mol. The van der Waals surface area contributed by atoms with Gasteiger partial charge in [-0.3, -0.25) is 15.0 Å². The van der Waals surface area contributed by atoms with Gasteiger partial charge in [-0.15, -0.1) is 0 Å². The highest BCUT2D eigenvalue weighted by Crippen LogP contribution is 2.31. The fourth-order valence-electron chi connectivity index (χ4n) is 3.42. The molecule has 142 valence electrons. The quantitative estimate of drug-likeness (QED) is 0.663. The van der Waals surface area contributed by atoms with Crippen LogP contribution < -0.4 is 10.7 Å². The van der Waals surface area contributed by atoms with Crippen molar-refractivity contribution in [3.63, 3.8) is 0 Å². The van der Waals surface area contributed by atoms with E-state index >= 15 is 0 Å². The van der Waals surface area contributed by atoms with Gasteiger partial charge in [0.1, 0.15) is 11.2 Å². The second kappa shape index (κ2) is 6.80. The standard InChI is InChI=1S/C20H18N4O4/c1-2-20(13-8-4-3-5-9-13)18(26)24(19(27)21-20)22-17(25)12-15-14-10-6-7-11-16(14)28-23-15/h3-11H,2,12H2,1H3,(H,21,27)(H,22,25)/t20-/m0/s1. The first kappa shape index (κ1) is 17.7. The number of fused-ring (bicyclic) bond motifs is 1. The molecule has 2 heterocycles. The molecule has 0 aliphatic carbocycles. The lowest BCUT2D eigenvalue weighted by molar-refractivity contribution is -0.139. The molecule has 4 amide bonds. The Morgan fingerprint density at radius 3 is 2.61 bits per heavy atom. The number of carbonyl (C=O) groups is 3. The molecular weight excluding hydrogens is 360 g/mol. The van der Waals surface area contributed by atoms with Crippen molar-refractivity contribution in [2.45, 2.75) is 25.3 Å². The number of para-hydroxylation sites is 1. The van der Waals surface area contributed by atoms with Crippen LogP contribution in [0.25, 0.3) is 11.0 Å². The van der Waals surface area contributed by atoms with Crippen molar-refractivity contribution in [3.05, 3.63) is 65.9 Å². The van der Waals surface area contributed by atoms with E-state index in [-0.39, 0.29) is 6.42 Å². The van der Waals surface area contributed by atoms with Crippen LogP contribution in [0.1, 0.15) is 24.6 Å². The maximum absolute atomic E-state index is 13.0. The number of nitrogens with one attached hydrogen (secondary N) is 2. The van der Waals surface area contributed by atoms with Crippen LogP contribution in [0, 0.1) is 0 Å². The van der Waals surface area contributed by atoms with Crippen LogP contribution in [0.3, 0.4) is 0 Å². The molecule has 1 fully saturated rings. The van der Waals surface area contributed by atoms with Gasteiger partial charge in [-0.1, -0.05) is 54.5 Å². The summed E-state index contributed by atoms with van der Waals surface area (Å²) in [6.45, 7) is 1.80. The number of carbonyl (C=O) groups excluding carboxylic acids is 3. The van der Waals surface area contributed by atoms with Crippen LogP contribution >= 0.6 is 0 Å². The molecule has 0 unspecified atom stereocenters. The lowest BCUT2D eigenvalue weighted by atomic mass is 9.87. The fraction of sp³-hybridized carbons (Fsp3) is 0.200. The number of benzene rings is 2. The van der Waals surface area contributed by atoms with E-state index in [0.717, 1.165) is 5.01 Å². The average Bonchev–Trinajstić information content (AvgIpc) is 3.23. The third kappa shape index (κ3) is 2.79. The summed E-state index contributed by atoms with van der Waals surface area (Å²) in [6, 6.07) is 15.4. The van der Waals surface area contributed by atoms with Gasteiger partial charge < -0.3 is 9.84 Å². The summed E-state index contributed by atoms with van der Waals surface area (Å²) in [4.78, 5) is 37.9. The van der Waals surface area contributed by atoms with E-state index in [0.29, 0.717) is 28.6 Å². The second-order valence-corrected chi connectivity index (χ2v) is 6.53. The van der Waals surface area contributed by atoms with Gasteiger partial charge in [-0.2, -0.15) is 5.01 Å². The highest BCUT2D eigenvalue weighted by molar-refractivity contribution is 6.08. The highest BCUT2D eigenvalue weighted by atomic mass is 16.5. The van der Waals surface area contributed by atoms with Gasteiger partial charge in [-0.05, 0) is 24.1 Å². The molecule has 2 N–H and O–H groups in total. The molecule has 0 bridgehead atoms. The minimum atomic E-state index is -1.20. The van der Waals surface area contributed by atoms with Gasteiger partial charge in [-0.25, -0.2) is 4.79 Å². The molecule has 8 heteroatoms. The average molecular weight is 378 g/mol. The van der Waals surface area contributed by atoms with E-state index in [9.17, 15) is 14.4 Å². The maximum Gasteiger partial charge on any atom is 0.344 e. The summed E-state index contributed by atoms with van der Waals surface area (Å²) < 4.78 is 5.18. The Morgan fingerprint density at radius 2 is 1.86 bits per heavy atom. The second-order valence-electron chi connectivity index (χ2n) is 6.53. The molecule has 1 aromatic heterocycles. The third-order valence-corrected chi connectivity index (χ3v) is 4.91. The molecular formula is C20H18N4O4. The molecule has 1 aliphatic rings. The molecule has 1 saturated heterocycles. The van der Waals surface area contributed by atoms with E-state index in [1.54, 1.807) is 49.4 Å². The zero-order valence-electron chi connectivity index (χ0n) is 15.1. The lowest BCUT2D eigenvalue weighted by Gasteiger charge is -2.25. The van der Waals surface area contributed by atoms with Gasteiger partial charge in [0.25, 0.3) is 5.91 Å². The predicted octanol–water partition coefficient (Wildman–Crippen LogP) is 2.26. The van der Waals surface area contributed by atoms with E-state index in [1.807, 2.05) is 12.1 Å². The molecule has 3 aromatic rings. The molecule has 0 radical (unpaired) electrons. The van der Waals surface area contributed by atoms with Crippen LogP contribution in [0.5, 0.6) is 0 Å². The van der Waals surface area contributed by atoms with Crippen molar-refractivity contribution in [1.29, 1.82) is 0 Å². The lowest BCUT2D eigenvalue weighted by Crippen LogP contribution is -2.49. The van der Waals surface area contributed by atoms with E-state index < -0.39 is 23.4 Å². The Hall–Kier alpha value is -3.68. The largest absolute Gasteiger partial charge is 0.356 e. The topological polar surface area (TPSA) is 105 Å². The summed E-state index contributed by atoms with van der Waals surface area (Å²) >= 11 is 0. The minimum absolute atomic E-state index is 0.126. The molecule has 1 atom stereocenters. The zero-order valence-corrected chi connectivity index (χ0v) is 15.1. The summed E-state index contributed by atoms with van der Waals surface area (Å²) in [6.07, 6.45) is 0.223. The number of urea groups is 1. The smallest absolute Gasteiger partial charge is 0.344 e. The minimum Gasteiger partial charge on any atom is -0.356 e. The normalized spacial score (nSPS) is 19.1. The van der Waals surface area contributed by atoms with Crippen molar-refractivity contribution < 1.29 is 18.9 Å². The highest BCUT2D eigenvalue weighted by Gasteiger charge is 2.52. The number of hydrogen-bond acceptors (Lipinski definition) is 5. The first-order valence-corrected chi connectivity index (χ1v) is 8.90. The Morgan fingerprint density at radius 1 is 1.14 bits per heavy atom. The number of hydrogen-bond donors (Lipinski definition) is 2. The van der Waals surface area contributed by atoms with Gasteiger partial charge in [0.2, 0.25) is 5.91 Å². The van der Waals surface area contributed by atoms with Crippen LogP contribution in [0.15, 0.2) is 59.1 Å². The van der Waals surface area contributed by atoms with Crippen molar-refractivity contribution in [3.8, 4) is 0 Å². The van der Waals surface area contributed by atoms with Crippen LogP contribution in [-0.4, -0.2) is 28.0 Å².